The number of carbonyl (C=O) groups excluding carboxylic acids is 6. The van der Waals surface area contributed by atoms with Gasteiger partial charge in [0.25, 0.3) is 10.1 Å². The van der Waals surface area contributed by atoms with Crippen molar-refractivity contribution in [3.05, 3.63) is 83.6 Å². The van der Waals surface area contributed by atoms with Crippen LogP contribution in [0.25, 0.3) is 0 Å². The van der Waals surface area contributed by atoms with Crippen molar-refractivity contribution in [2.45, 2.75) is 138 Å². The lowest BCUT2D eigenvalue weighted by molar-refractivity contribution is -0.133. The first-order chi connectivity index (χ1) is 34.8. The molecule has 0 spiro atoms. The number of Topliss-reactive ketones (excluding diaryl/α,β-unsaturated/α-hetero) is 3. The summed E-state index contributed by atoms with van der Waals surface area (Å²) in [6, 6.07) is 0. The standard InChI is InChI=1S/C21H28O5S.C20H26O3.C20H24O2.CH4O/c1-20-8-6-14(22)11-18(20)13(12-26-27(3,24)25)10-15-16-4-5-19(23)21(16,2)9-7-17(15)20;1-19-7-5-13(22)10-17(19)12(11-21)9-14-15-3-4-18(23)20(15,2)8-6-16(14)19;1-12-10-14-15-4-5-18(22)20(15,3)9-7-16(14)19(2)8-6-13(21)11-17(12)19;1-2/h6,8,11,13,15-17H,4-5,7,9-10,12H2,1-3H3;5,7,10,12,14-16,21H,3-4,6,8-9,11H2,1-2H3;6,8,11,14-16H,1,4-5,7,9-10H2,2-3H3;2H,1H3/t13?,15?,16?,17?,20-,21+;12?,14?,15?,16?,19-,20+;14?,15?,16?,19-,20+;/m111./s1. The Morgan fingerprint density at radius 3 is 1.36 bits per heavy atom. The van der Waals surface area contributed by atoms with E-state index >= 15 is 0 Å². The van der Waals surface area contributed by atoms with Gasteiger partial charge in [-0.1, -0.05) is 83.1 Å². The molecule has 12 rings (SSSR count). The van der Waals surface area contributed by atoms with E-state index in [1.165, 1.54) is 0 Å². The molecule has 12 aliphatic carbocycles. The van der Waals surface area contributed by atoms with Gasteiger partial charge in [0, 0.05) is 77.3 Å². The zero-order chi connectivity index (χ0) is 53.7. The van der Waals surface area contributed by atoms with E-state index in [0.717, 1.165) is 126 Å². The Balaban J connectivity index is 0.000000135. The molecule has 0 amide bonds. The van der Waals surface area contributed by atoms with E-state index in [9.17, 15) is 42.3 Å². The van der Waals surface area contributed by atoms with Gasteiger partial charge < -0.3 is 10.2 Å². The second-order valence-electron chi connectivity index (χ2n) is 26.0. The van der Waals surface area contributed by atoms with Crippen LogP contribution in [0.15, 0.2) is 83.6 Å². The van der Waals surface area contributed by atoms with Gasteiger partial charge in [-0.15, -0.1) is 0 Å². The third-order valence-electron chi connectivity index (χ3n) is 22.8. The lowest BCUT2D eigenvalue weighted by Crippen LogP contribution is -2.52. The zero-order valence-electron chi connectivity index (χ0n) is 45.3. The Morgan fingerprint density at radius 1 is 0.554 bits per heavy atom. The maximum absolute atomic E-state index is 12.6. The van der Waals surface area contributed by atoms with Gasteiger partial charge in [0.1, 0.15) is 17.3 Å². The molecule has 9 saturated carbocycles. The number of carbonyl (C=O) groups is 6. The highest BCUT2D eigenvalue weighted by Crippen LogP contribution is 2.68. The fourth-order valence-corrected chi connectivity index (χ4v) is 19.3. The van der Waals surface area contributed by atoms with Gasteiger partial charge >= 0.3 is 0 Å². The third-order valence-corrected chi connectivity index (χ3v) is 23.4. The monoisotopic (exact) mass is 1030 g/mol. The highest BCUT2D eigenvalue weighted by molar-refractivity contribution is 7.86. The number of fused-ring (bicyclic) bond motifs is 15. The van der Waals surface area contributed by atoms with Crippen LogP contribution in [0.4, 0.5) is 0 Å². The Bertz CT molecular complexity index is 2720. The summed E-state index contributed by atoms with van der Waals surface area (Å²) in [5.74, 6) is 5.43. The lowest BCUT2D eigenvalue weighted by atomic mass is 9.46. The van der Waals surface area contributed by atoms with E-state index in [4.69, 9.17) is 9.29 Å². The molecule has 0 aromatic carbocycles. The van der Waals surface area contributed by atoms with Crippen molar-refractivity contribution in [2.75, 3.05) is 26.6 Å². The maximum Gasteiger partial charge on any atom is 0.264 e. The number of ketones is 6. The minimum absolute atomic E-state index is 0.0398. The molecule has 12 heteroatoms. The Morgan fingerprint density at radius 2 is 0.932 bits per heavy atom. The molecule has 0 aromatic rings. The van der Waals surface area contributed by atoms with Crippen LogP contribution in [-0.2, 0) is 43.1 Å². The van der Waals surface area contributed by atoms with E-state index in [1.807, 2.05) is 6.08 Å². The summed E-state index contributed by atoms with van der Waals surface area (Å²) in [4.78, 5) is 73.2. The Labute approximate surface area is 440 Å². The predicted octanol–water partition coefficient (Wildman–Crippen LogP) is 9.79. The quantitative estimate of drug-likeness (QED) is 0.255. The minimum atomic E-state index is -3.55. The highest BCUT2D eigenvalue weighted by atomic mass is 32.2. The largest absolute Gasteiger partial charge is 0.400 e. The molecular formula is C62H82O11S. The minimum Gasteiger partial charge on any atom is -0.400 e. The van der Waals surface area contributed by atoms with Crippen LogP contribution in [0.5, 0.6) is 0 Å². The van der Waals surface area contributed by atoms with Gasteiger partial charge in [0.15, 0.2) is 17.3 Å². The van der Waals surface area contributed by atoms with Crippen molar-refractivity contribution in [3.63, 3.8) is 0 Å². The molecule has 0 saturated heterocycles. The number of hydrogen-bond acceptors (Lipinski definition) is 11. The van der Waals surface area contributed by atoms with Crippen LogP contribution in [0.3, 0.4) is 0 Å². The smallest absolute Gasteiger partial charge is 0.264 e. The third kappa shape index (κ3) is 8.74. The topological polar surface area (TPSA) is 186 Å². The number of aliphatic hydroxyl groups is 2. The summed E-state index contributed by atoms with van der Waals surface area (Å²) in [5.41, 5.74) is 3.44. The highest BCUT2D eigenvalue weighted by Gasteiger charge is 2.63. The van der Waals surface area contributed by atoms with Crippen LogP contribution in [0, 0.1) is 97.6 Å². The number of aliphatic hydroxyl groups excluding tert-OH is 2. The second kappa shape index (κ2) is 19.5. The molecule has 0 aliphatic heterocycles. The molecule has 9 fully saturated rings. The zero-order valence-corrected chi connectivity index (χ0v) is 46.1. The first kappa shape index (κ1) is 54.8. The van der Waals surface area contributed by atoms with Crippen molar-refractivity contribution in [1.29, 1.82) is 0 Å². The van der Waals surface area contributed by atoms with Gasteiger partial charge in [0.05, 0.1) is 12.9 Å². The van der Waals surface area contributed by atoms with Gasteiger partial charge in [0.2, 0.25) is 0 Å². The van der Waals surface area contributed by atoms with Crippen LogP contribution >= 0.6 is 0 Å². The molecule has 11 nitrogen and oxygen atoms in total. The van der Waals surface area contributed by atoms with Crippen molar-refractivity contribution >= 4 is 44.8 Å². The molecule has 0 radical (unpaired) electrons. The first-order valence-electron chi connectivity index (χ1n) is 27.8. The summed E-state index contributed by atoms with van der Waals surface area (Å²) in [6.45, 7) is 17.6. The Hall–Kier alpha value is -3.97. The van der Waals surface area contributed by atoms with E-state index in [-0.39, 0.29) is 74.9 Å². The van der Waals surface area contributed by atoms with Crippen LogP contribution < -0.4 is 0 Å². The van der Waals surface area contributed by atoms with Crippen molar-refractivity contribution < 1.29 is 51.6 Å². The maximum atomic E-state index is 12.6. The number of rotatable bonds is 4. The molecule has 11 unspecified atom stereocenters. The number of hydrogen-bond donors (Lipinski definition) is 2. The van der Waals surface area contributed by atoms with Crippen molar-refractivity contribution in [2.24, 2.45) is 97.6 Å². The first-order valence-corrected chi connectivity index (χ1v) is 29.7. The molecule has 0 bridgehead atoms. The number of allylic oxidation sites excluding steroid dienone is 11. The lowest BCUT2D eigenvalue weighted by Gasteiger charge is -2.57. The van der Waals surface area contributed by atoms with E-state index in [2.05, 4.69) is 60.3 Å². The van der Waals surface area contributed by atoms with Gasteiger partial charge in [-0.3, -0.25) is 33.0 Å². The summed E-state index contributed by atoms with van der Waals surface area (Å²) >= 11 is 0. The summed E-state index contributed by atoms with van der Waals surface area (Å²) in [6.07, 6.45) is 31.4. The van der Waals surface area contributed by atoms with Gasteiger partial charge in [-0.2, -0.15) is 8.42 Å². The van der Waals surface area contributed by atoms with Crippen LogP contribution in [-0.4, -0.2) is 79.9 Å². The summed E-state index contributed by atoms with van der Waals surface area (Å²) in [5, 5.41) is 16.9. The van der Waals surface area contributed by atoms with E-state index in [1.54, 1.807) is 36.5 Å². The molecule has 74 heavy (non-hydrogen) atoms. The summed E-state index contributed by atoms with van der Waals surface area (Å²) in [7, 11) is -2.55. The Kier molecular flexibility index (Phi) is 14.4. The average Bonchev–Trinajstić information content (AvgIpc) is 3.97. The SMILES string of the molecule is C=C1CC2C(CC[C@]3(C)C(=O)CCC23)[C@@]2(C)C=CC(=O)C=C12.CO.C[C@]12C=CC(=O)C=C1C(CO)CC1C2CC[C@]2(C)C(=O)CCC12.C[C@]12C=CC(=O)C=C1C(COS(C)(=O)=O)CC1C2CC[C@]2(C)C(=O)CCC12. The fourth-order valence-electron chi connectivity index (χ4n) is 18.9. The van der Waals surface area contributed by atoms with Crippen molar-refractivity contribution in [1.82, 2.24) is 0 Å². The molecular weight excluding hydrogens is 953 g/mol. The van der Waals surface area contributed by atoms with Crippen LogP contribution in [0.2, 0.25) is 0 Å². The normalized spacial score (nSPS) is 45.1. The molecule has 402 valence electrons. The fraction of sp³-hybridized carbons (Fsp3) is 0.677. The van der Waals surface area contributed by atoms with Gasteiger partial charge in [-0.25, -0.2) is 0 Å². The molecule has 2 N–H and O–H groups in total. The summed E-state index contributed by atoms with van der Waals surface area (Å²) < 4.78 is 28.3. The molecule has 17 atom stereocenters. The van der Waals surface area contributed by atoms with E-state index < -0.39 is 10.1 Å². The van der Waals surface area contributed by atoms with Crippen LogP contribution in [0.1, 0.15) is 138 Å². The second-order valence-corrected chi connectivity index (χ2v) is 27.7. The van der Waals surface area contributed by atoms with Crippen molar-refractivity contribution in [3.8, 4) is 0 Å². The predicted molar refractivity (Wildman–Crippen MR) is 283 cm³/mol. The molecule has 0 heterocycles. The van der Waals surface area contributed by atoms with Gasteiger partial charge in [-0.05, 0) is 172 Å². The molecule has 12 aliphatic rings. The average molecular weight is 1040 g/mol. The molecule has 0 aromatic heterocycles. The van der Waals surface area contributed by atoms with E-state index in [0.29, 0.717) is 77.0 Å².